The summed E-state index contributed by atoms with van der Waals surface area (Å²) in [7, 11) is 1.52. The average molecular weight is 827 g/mol. The van der Waals surface area contributed by atoms with Crippen LogP contribution in [0.4, 0.5) is 0 Å². The van der Waals surface area contributed by atoms with Crippen LogP contribution < -0.4 is 0 Å². The Bertz CT molecular complexity index is 1550. The third-order valence-corrected chi connectivity index (χ3v) is 15.6. The molecule has 16 nitrogen and oxygen atoms in total. The minimum atomic E-state index is -1.99. The van der Waals surface area contributed by atoms with Gasteiger partial charge in [0.25, 0.3) is 0 Å². The molecule has 3 aliphatic heterocycles. The number of aliphatic hydroxyl groups excluding tert-OH is 3. The van der Waals surface area contributed by atoms with E-state index in [9.17, 15) is 40.2 Å². The highest BCUT2D eigenvalue weighted by Crippen LogP contribution is 2.71. The van der Waals surface area contributed by atoms with Crippen LogP contribution in [0.3, 0.4) is 0 Å². The quantitative estimate of drug-likeness (QED) is 0.144. The van der Waals surface area contributed by atoms with E-state index in [4.69, 9.17) is 37.9 Å². The summed E-state index contributed by atoms with van der Waals surface area (Å²) in [6, 6.07) is 0. The molecule has 330 valence electrons. The van der Waals surface area contributed by atoms with Crippen LogP contribution in [0, 0.1) is 16.7 Å². The van der Waals surface area contributed by atoms with Crippen LogP contribution in [0.25, 0.3) is 0 Å². The van der Waals surface area contributed by atoms with Gasteiger partial charge in [0, 0.05) is 39.2 Å². The van der Waals surface area contributed by atoms with Crippen molar-refractivity contribution in [2.24, 2.45) is 16.7 Å². The summed E-state index contributed by atoms with van der Waals surface area (Å²) >= 11 is 0. The number of rotatable bonds is 9. The number of methoxy groups -OCH3 is 1. The number of fused-ring (bicyclic) bond motifs is 5. The van der Waals surface area contributed by atoms with Gasteiger partial charge in [0.05, 0.1) is 48.1 Å². The van der Waals surface area contributed by atoms with E-state index in [1.54, 1.807) is 27.7 Å². The highest BCUT2D eigenvalue weighted by Gasteiger charge is 2.81. The van der Waals surface area contributed by atoms with Crippen molar-refractivity contribution in [3.05, 3.63) is 11.6 Å². The summed E-state index contributed by atoms with van der Waals surface area (Å²) in [5.41, 5.74) is -6.81. The topological polar surface area (TPSA) is 229 Å². The van der Waals surface area contributed by atoms with Crippen molar-refractivity contribution < 1.29 is 78.1 Å². The summed E-state index contributed by atoms with van der Waals surface area (Å²) in [5.74, 6) is -1.68. The number of carbonyl (C=O) groups is 2. The van der Waals surface area contributed by atoms with Crippen molar-refractivity contribution in [3.8, 4) is 0 Å². The Morgan fingerprint density at radius 3 is 1.90 bits per heavy atom. The Balaban J connectivity index is 0.966. The van der Waals surface area contributed by atoms with Gasteiger partial charge >= 0.3 is 5.97 Å². The first-order valence-electron chi connectivity index (χ1n) is 21.2. The van der Waals surface area contributed by atoms with E-state index in [1.807, 2.05) is 6.08 Å². The molecular formula is C42H66O16. The fourth-order valence-corrected chi connectivity index (χ4v) is 12.2. The molecule has 20 unspecified atom stereocenters. The van der Waals surface area contributed by atoms with Gasteiger partial charge in [-0.2, -0.15) is 0 Å². The van der Waals surface area contributed by atoms with Crippen LogP contribution in [0.15, 0.2) is 11.6 Å². The maximum atomic E-state index is 13.0. The standard InChI is InChI=1S/C42H66O16/c1-20-35(47)29(51-8)18-34(52-20)58-37-22(3)54-33(17-28(37)46)57-36-21(2)53-32(16-27(36)45)56-26-10-11-38(6)25(15-26)9-12-41(49)30(38)19-31(55-24(5)44)39(7)40(48,23(4)43)13-14-42(39,41)50/h9,20-22,26-37,45-50H,10-19H2,1-8H3. The van der Waals surface area contributed by atoms with Crippen molar-refractivity contribution >= 4 is 11.8 Å². The normalized spacial score (nSPS) is 53.1. The van der Waals surface area contributed by atoms with E-state index in [-0.39, 0.29) is 44.6 Å². The molecule has 7 aliphatic rings. The van der Waals surface area contributed by atoms with Gasteiger partial charge in [-0.1, -0.05) is 18.6 Å². The minimum Gasteiger partial charge on any atom is -0.462 e. The largest absolute Gasteiger partial charge is 0.462 e. The van der Waals surface area contributed by atoms with Crippen molar-refractivity contribution in [2.75, 3.05) is 7.11 Å². The molecule has 3 saturated heterocycles. The van der Waals surface area contributed by atoms with E-state index in [1.165, 1.54) is 21.0 Å². The van der Waals surface area contributed by atoms with Gasteiger partial charge in [-0.3, -0.25) is 9.59 Å². The Morgan fingerprint density at radius 2 is 1.34 bits per heavy atom. The molecule has 0 aromatic heterocycles. The maximum absolute atomic E-state index is 13.0. The van der Waals surface area contributed by atoms with Gasteiger partial charge in [-0.15, -0.1) is 0 Å². The predicted octanol–water partition coefficient (Wildman–Crippen LogP) is 1.70. The number of hydrogen-bond acceptors (Lipinski definition) is 16. The van der Waals surface area contributed by atoms with Crippen molar-refractivity contribution in [2.45, 2.75) is 215 Å². The number of ketones is 1. The molecule has 7 rings (SSSR count). The zero-order chi connectivity index (χ0) is 42.3. The number of ether oxygens (including phenoxy) is 8. The first-order chi connectivity index (χ1) is 27.1. The third kappa shape index (κ3) is 7.03. The molecule has 4 aliphatic carbocycles. The van der Waals surface area contributed by atoms with Crippen LogP contribution in [-0.4, -0.2) is 152 Å². The lowest BCUT2D eigenvalue weighted by Crippen LogP contribution is -2.78. The maximum Gasteiger partial charge on any atom is 0.302 e. The molecule has 0 aromatic rings. The molecule has 0 spiro atoms. The number of esters is 1. The van der Waals surface area contributed by atoms with Gasteiger partial charge in [0.2, 0.25) is 0 Å². The molecule has 3 saturated carbocycles. The monoisotopic (exact) mass is 826 g/mol. The number of Topliss-reactive ketones (excluding diaryl/α,β-unsaturated/α-hetero) is 1. The van der Waals surface area contributed by atoms with Gasteiger partial charge in [-0.25, -0.2) is 0 Å². The van der Waals surface area contributed by atoms with Crippen LogP contribution in [-0.2, 0) is 47.5 Å². The molecule has 0 amide bonds. The second-order valence-corrected chi connectivity index (χ2v) is 18.8. The highest BCUT2D eigenvalue weighted by atomic mass is 16.7. The minimum absolute atomic E-state index is 0.0294. The second kappa shape index (κ2) is 15.9. The average Bonchev–Trinajstić information content (AvgIpc) is 3.38. The van der Waals surface area contributed by atoms with Gasteiger partial charge < -0.3 is 68.5 Å². The third-order valence-electron chi connectivity index (χ3n) is 15.6. The molecule has 0 bridgehead atoms. The summed E-state index contributed by atoms with van der Waals surface area (Å²) in [6.45, 7) is 11.5. The number of carbonyl (C=O) groups excluding carboxylic acids is 2. The molecule has 3 heterocycles. The SMILES string of the molecule is COC1CC(OC2C(O)CC(OC3C(O)CC(OC4CCC5(C)C(=CCC6(O)C5CC(OC(C)=O)C5(C)C(O)(C(C)=O)CCC65O)C4)OC3C)OC2C)OC(C)C1O. The number of aliphatic hydroxyl groups is 6. The molecule has 6 fully saturated rings. The van der Waals surface area contributed by atoms with Gasteiger partial charge in [-0.05, 0) is 85.0 Å². The van der Waals surface area contributed by atoms with Gasteiger partial charge in [0.15, 0.2) is 24.7 Å². The fraction of sp³-hybridized carbons (Fsp3) is 0.905. The zero-order valence-electron chi connectivity index (χ0n) is 35.1. The highest BCUT2D eigenvalue weighted by molar-refractivity contribution is 5.87. The second-order valence-electron chi connectivity index (χ2n) is 18.8. The Hall–Kier alpha value is -1.64. The summed E-state index contributed by atoms with van der Waals surface area (Å²) in [4.78, 5) is 25.4. The molecule has 16 heteroatoms. The lowest BCUT2D eigenvalue weighted by molar-refractivity contribution is -0.336. The predicted molar refractivity (Wildman–Crippen MR) is 201 cm³/mol. The Kier molecular flexibility index (Phi) is 12.2. The molecule has 0 radical (unpaired) electrons. The van der Waals surface area contributed by atoms with Crippen molar-refractivity contribution in [3.63, 3.8) is 0 Å². The lowest BCUT2D eigenvalue weighted by atomic mass is 9.42. The van der Waals surface area contributed by atoms with Crippen LogP contribution in [0.5, 0.6) is 0 Å². The molecule has 58 heavy (non-hydrogen) atoms. The summed E-state index contributed by atoms with van der Waals surface area (Å²) in [6.07, 6.45) is -5.55. The Labute approximate surface area is 340 Å². The first kappa shape index (κ1) is 44.4. The fourth-order valence-electron chi connectivity index (χ4n) is 12.2. The van der Waals surface area contributed by atoms with E-state index < -0.39 is 125 Å². The van der Waals surface area contributed by atoms with Crippen molar-refractivity contribution in [1.29, 1.82) is 0 Å². The van der Waals surface area contributed by atoms with E-state index in [2.05, 4.69) is 6.92 Å². The molecule has 0 aromatic carbocycles. The smallest absolute Gasteiger partial charge is 0.302 e. The van der Waals surface area contributed by atoms with Gasteiger partial charge in [0.1, 0.15) is 41.2 Å². The molecule has 6 N–H and O–H groups in total. The lowest BCUT2D eigenvalue weighted by Gasteiger charge is -2.67. The van der Waals surface area contributed by atoms with E-state index in [0.29, 0.717) is 25.7 Å². The van der Waals surface area contributed by atoms with E-state index >= 15 is 0 Å². The summed E-state index contributed by atoms with van der Waals surface area (Å²) in [5, 5.41) is 69.7. The van der Waals surface area contributed by atoms with Crippen molar-refractivity contribution in [1.82, 2.24) is 0 Å². The molecule has 20 atom stereocenters. The van der Waals surface area contributed by atoms with E-state index in [0.717, 1.165) is 5.57 Å². The molecular weight excluding hydrogens is 760 g/mol. The Morgan fingerprint density at radius 1 is 0.776 bits per heavy atom. The van der Waals surface area contributed by atoms with Crippen LogP contribution in [0.2, 0.25) is 0 Å². The zero-order valence-corrected chi connectivity index (χ0v) is 35.1. The van der Waals surface area contributed by atoms with Crippen LogP contribution in [0.1, 0.15) is 113 Å². The van der Waals surface area contributed by atoms with Crippen LogP contribution >= 0.6 is 0 Å². The number of hydrogen-bond donors (Lipinski definition) is 6. The summed E-state index contributed by atoms with van der Waals surface area (Å²) < 4.78 is 48.2. The first-order valence-corrected chi connectivity index (χ1v) is 21.2.